The zero-order valence-electron chi connectivity index (χ0n) is 12.0. The Morgan fingerprint density at radius 3 is 2.90 bits per heavy atom. The average molecular weight is 298 g/mol. The molecule has 1 saturated carbocycles. The van der Waals surface area contributed by atoms with Crippen LogP contribution in [0.15, 0.2) is 11.5 Å². The molecule has 1 aromatic heterocycles. The summed E-state index contributed by atoms with van der Waals surface area (Å²) in [6, 6.07) is 0.598. The number of aliphatic hydroxyl groups is 1. The molecule has 1 fully saturated rings. The fourth-order valence-electron chi connectivity index (χ4n) is 2.22. The molecule has 2 rings (SSSR count). The summed E-state index contributed by atoms with van der Waals surface area (Å²) in [5.74, 6) is 0.425. The molecular weight excluding hydrogens is 276 g/mol. The van der Waals surface area contributed by atoms with Gasteiger partial charge in [0.2, 0.25) is 5.91 Å². The molecule has 20 heavy (non-hydrogen) atoms. The van der Waals surface area contributed by atoms with E-state index in [1.54, 1.807) is 6.33 Å². The van der Waals surface area contributed by atoms with Gasteiger partial charge >= 0.3 is 0 Å². The van der Waals surface area contributed by atoms with E-state index in [1.807, 2.05) is 9.47 Å². The van der Waals surface area contributed by atoms with Gasteiger partial charge in [-0.05, 0) is 33.1 Å². The van der Waals surface area contributed by atoms with E-state index < -0.39 is 0 Å². The van der Waals surface area contributed by atoms with Crippen LogP contribution in [0.3, 0.4) is 0 Å². The van der Waals surface area contributed by atoms with Crippen LogP contribution in [0.25, 0.3) is 0 Å². The quantitative estimate of drug-likeness (QED) is 0.769. The summed E-state index contributed by atoms with van der Waals surface area (Å²) in [6.07, 6.45) is 4.97. The largest absolute Gasteiger partial charge is 0.395 e. The summed E-state index contributed by atoms with van der Waals surface area (Å²) in [7, 11) is 0. The van der Waals surface area contributed by atoms with Gasteiger partial charge < -0.3 is 14.6 Å². The molecular formula is C13H22N4O2S. The van der Waals surface area contributed by atoms with Gasteiger partial charge in [0.15, 0.2) is 5.16 Å². The first kappa shape index (κ1) is 15.3. The lowest BCUT2D eigenvalue weighted by molar-refractivity contribution is -0.132. The Morgan fingerprint density at radius 2 is 2.35 bits per heavy atom. The van der Waals surface area contributed by atoms with Gasteiger partial charge in [-0.1, -0.05) is 11.8 Å². The zero-order valence-corrected chi connectivity index (χ0v) is 12.8. The van der Waals surface area contributed by atoms with Gasteiger partial charge in [0.05, 0.1) is 12.4 Å². The van der Waals surface area contributed by atoms with Crippen LogP contribution >= 0.6 is 11.8 Å². The maximum Gasteiger partial charge on any atom is 0.233 e. The molecule has 0 saturated heterocycles. The number of hydrogen-bond donors (Lipinski definition) is 1. The number of hydrogen-bond acceptors (Lipinski definition) is 5. The molecule has 1 heterocycles. The Labute approximate surface area is 123 Å². The monoisotopic (exact) mass is 298 g/mol. The second kappa shape index (κ2) is 7.08. The second-order valence-electron chi connectivity index (χ2n) is 5.30. The van der Waals surface area contributed by atoms with E-state index in [-0.39, 0.29) is 18.6 Å². The molecule has 0 unspecified atom stereocenters. The second-order valence-corrected chi connectivity index (χ2v) is 6.24. The number of rotatable bonds is 7. The Morgan fingerprint density at radius 1 is 1.60 bits per heavy atom. The Hall–Kier alpha value is -1.08. The van der Waals surface area contributed by atoms with Gasteiger partial charge in [-0.3, -0.25) is 4.79 Å². The van der Waals surface area contributed by atoms with Gasteiger partial charge in [-0.2, -0.15) is 0 Å². The van der Waals surface area contributed by atoms with Gasteiger partial charge in [0.25, 0.3) is 0 Å². The minimum atomic E-state index is 0.0229. The Kier molecular flexibility index (Phi) is 5.42. The molecule has 0 aromatic carbocycles. The molecule has 0 spiro atoms. The first-order chi connectivity index (χ1) is 9.63. The first-order valence-corrected chi connectivity index (χ1v) is 8.04. The number of amides is 1. The summed E-state index contributed by atoms with van der Waals surface area (Å²) in [6.45, 7) is 4.57. The van der Waals surface area contributed by atoms with Crippen molar-refractivity contribution in [3.05, 3.63) is 6.33 Å². The number of nitrogens with zero attached hydrogens (tertiary/aromatic N) is 4. The molecule has 1 aliphatic rings. The number of carbonyl (C=O) groups excluding carboxylic acids is 1. The average Bonchev–Trinajstić information content (AvgIpc) is 2.81. The van der Waals surface area contributed by atoms with Crippen molar-refractivity contribution in [2.75, 3.05) is 18.9 Å². The number of carbonyl (C=O) groups is 1. The fraction of sp³-hybridized carbons (Fsp3) is 0.769. The normalized spacial score (nSPS) is 15.4. The third-order valence-corrected chi connectivity index (χ3v) is 4.54. The van der Waals surface area contributed by atoms with Crippen LogP contribution in [0.1, 0.15) is 39.2 Å². The molecule has 1 amide bonds. The molecule has 1 aromatic rings. The van der Waals surface area contributed by atoms with Crippen molar-refractivity contribution in [3.8, 4) is 0 Å². The maximum absolute atomic E-state index is 12.3. The lowest BCUT2D eigenvalue weighted by Gasteiger charge is -2.37. The number of aliphatic hydroxyl groups excluding tert-OH is 1. The van der Waals surface area contributed by atoms with E-state index in [0.717, 1.165) is 18.0 Å². The van der Waals surface area contributed by atoms with Crippen molar-refractivity contribution in [1.29, 1.82) is 0 Å². The molecule has 0 radical (unpaired) electrons. The van der Waals surface area contributed by atoms with Crippen LogP contribution in [-0.2, 0) is 4.79 Å². The highest BCUT2D eigenvalue weighted by Crippen LogP contribution is 2.26. The van der Waals surface area contributed by atoms with E-state index in [1.165, 1.54) is 18.2 Å². The van der Waals surface area contributed by atoms with Crippen LogP contribution in [-0.4, -0.2) is 55.6 Å². The summed E-state index contributed by atoms with van der Waals surface area (Å²) in [5, 5.41) is 17.8. The fourth-order valence-corrected chi connectivity index (χ4v) is 3.15. The van der Waals surface area contributed by atoms with Crippen molar-refractivity contribution < 1.29 is 9.90 Å². The molecule has 0 aliphatic heterocycles. The number of aromatic nitrogens is 3. The number of thioether (sulfide) groups is 1. The zero-order chi connectivity index (χ0) is 14.5. The Balaban J connectivity index is 1.91. The minimum absolute atomic E-state index is 0.0229. The summed E-state index contributed by atoms with van der Waals surface area (Å²) in [4.78, 5) is 14.1. The summed E-state index contributed by atoms with van der Waals surface area (Å²) >= 11 is 1.41. The molecule has 6 nitrogen and oxygen atoms in total. The van der Waals surface area contributed by atoms with Crippen LogP contribution in [0, 0.1) is 0 Å². The SMILES string of the molecule is CC(C)n1cnnc1SCC(=O)N(CCO)C1CCC1. The molecule has 7 heteroatoms. The van der Waals surface area contributed by atoms with Gasteiger partial charge in [0, 0.05) is 18.6 Å². The van der Waals surface area contributed by atoms with Gasteiger partial charge in [-0.15, -0.1) is 10.2 Å². The highest BCUT2D eigenvalue weighted by Gasteiger charge is 2.28. The van der Waals surface area contributed by atoms with Crippen LogP contribution in [0.4, 0.5) is 0 Å². The minimum Gasteiger partial charge on any atom is -0.395 e. The topological polar surface area (TPSA) is 71.2 Å². The predicted octanol–water partition coefficient (Wildman–Crippen LogP) is 1.32. The molecule has 0 atom stereocenters. The van der Waals surface area contributed by atoms with E-state index in [2.05, 4.69) is 24.0 Å². The van der Waals surface area contributed by atoms with Gasteiger partial charge in [-0.25, -0.2) is 0 Å². The predicted molar refractivity (Wildman–Crippen MR) is 77.6 cm³/mol. The van der Waals surface area contributed by atoms with Crippen molar-refractivity contribution >= 4 is 17.7 Å². The first-order valence-electron chi connectivity index (χ1n) is 7.06. The molecule has 0 bridgehead atoms. The highest BCUT2D eigenvalue weighted by atomic mass is 32.2. The van der Waals surface area contributed by atoms with Crippen LogP contribution in [0.2, 0.25) is 0 Å². The molecule has 1 aliphatic carbocycles. The lowest BCUT2D eigenvalue weighted by Crippen LogP contribution is -2.46. The third-order valence-electron chi connectivity index (χ3n) is 3.60. The maximum atomic E-state index is 12.3. The summed E-state index contributed by atoms with van der Waals surface area (Å²) < 4.78 is 1.96. The lowest BCUT2D eigenvalue weighted by atomic mass is 9.91. The Bertz CT molecular complexity index is 445. The highest BCUT2D eigenvalue weighted by molar-refractivity contribution is 7.99. The molecule has 1 N–H and O–H groups in total. The van der Waals surface area contributed by atoms with Crippen molar-refractivity contribution in [1.82, 2.24) is 19.7 Å². The standard InChI is InChI=1S/C13H22N4O2S/c1-10(2)17-9-14-15-13(17)20-8-12(19)16(6-7-18)11-4-3-5-11/h9-11,18H,3-8H2,1-2H3. The van der Waals surface area contributed by atoms with Crippen LogP contribution < -0.4 is 0 Å². The third kappa shape index (κ3) is 3.52. The smallest absolute Gasteiger partial charge is 0.233 e. The van der Waals surface area contributed by atoms with Crippen molar-refractivity contribution in [2.45, 2.75) is 50.4 Å². The van der Waals surface area contributed by atoms with Gasteiger partial charge in [0.1, 0.15) is 6.33 Å². The van der Waals surface area contributed by atoms with E-state index in [0.29, 0.717) is 18.3 Å². The van der Waals surface area contributed by atoms with Crippen molar-refractivity contribution in [2.24, 2.45) is 0 Å². The molecule has 112 valence electrons. The van der Waals surface area contributed by atoms with E-state index in [9.17, 15) is 4.79 Å². The summed E-state index contributed by atoms with van der Waals surface area (Å²) in [5.41, 5.74) is 0. The van der Waals surface area contributed by atoms with Crippen molar-refractivity contribution in [3.63, 3.8) is 0 Å². The van der Waals surface area contributed by atoms with Crippen LogP contribution in [0.5, 0.6) is 0 Å². The van der Waals surface area contributed by atoms with E-state index >= 15 is 0 Å². The van der Waals surface area contributed by atoms with E-state index in [4.69, 9.17) is 5.11 Å².